The van der Waals surface area contributed by atoms with Gasteiger partial charge in [-0.15, -0.1) is 0 Å². The number of amides is 1. The molecule has 0 saturated carbocycles. The molecular weight excluding hydrogens is 260 g/mol. The van der Waals surface area contributed by atoms with Crippen LogP contribution in [0.3, 0.4) is 0 Å². The predicted octanol–water partition coefficient (Wildman–Crippen LogP) is 1.33. The summed E-state index contributed by atoms with van der Waals surface area (Å²) < 4.78 is 1.59. The number of nitrogens with zero attached hydrogens (tertiary/aromatic N) is 3. The molecule has 1 heterocycles. The molecule has 6 heteroatoms. The van der Waals surface area contributed by atoms with Gasteiger partial charge in [0.05, 0.1) is 0 Å². The minimum atomic E-state index is -0.163. The van der Waals surface area contributed by atoms with Gasteiger partial charge in [-0.1, -0.05) is 12.2 Å². The van der Waals surface area contributed by atoms with Crippen LogP contribution in [0.1, 0.15) is 16.1 Å². The molecule has 0 saturated heterocycles. The van der Waals surface area contributed by atoms with Gasteiger partial charge in [-0.3, -0.25) is 9.48 Å². The van der Waals surface area contributed by atoms with Crippen LogP contribution >= 0.6 is 12.2 Å². The minimum absolute atomic E-state index is 0.163. The van der Waals surface area contributed by atoms with Crippen LogP contribution in [-0.4, -0.2) is 27.7 Å². The number of hydrogen-bond donors (Lipinski definition) is 1. The molecule has 98 valence electrons. The molecule has 0 bridgehead atoms. The minimum Gasteiger partial charge on any atom is -0.389 e. The smallest absolute Gasteiger partial charge is 0.278 e. The molecule has 0 radical (unpaired) electrons. The quantitative estimate of drug-likeness (QED) is 0.858. The maximum Gasteiger partial charge on any atom is 0.278 e. The van der Waals surface area contributed by atoms with E-state index < -0.39 is 0 Å². The largest absolute Gasteiger partial charge is 0.389 e. The molecule has 1 aromatic carbocycles. The first-order valence-corrected chi connectivity index (χ1v) is 6.07. The van der Waals surface area contributed by atoms with Gasteiger partial charge in [0, 0.05) is 31.5 Å². The van der Waals surface area contributed by atoms with Crippen molar-refractivity contribution in [1.29, 1.82) is 0 Å². The molecule has 2 rings (SSSR count). The number of thiocarbonyl (C=S) groups is 1. The lowest BCUT2D eigenvalue weighted by Crippen LogP contribution is -2.26. The molecule has 1 aromatic heterocycles. The zero-order valence-electron chi connectivity index (χ0n) is 10.7. The van der Waals surface area contributed by atoms with Crippen molar-refractivity contribution < 1.29 is 4.79 Å². The highest BCUT2D eigenvalue weighted by Crippen LogP contribution is 2.16. The van der Waals surface area contributed by atoms with Crippen molar-refractivity contribution in [2.24, 2.45) is 12.8 Å². The van der Waals surface area contributed by atoms with E-state index in [0.717, 1.165) is 11.3 Å². The molecule has 19 heavy (non-hydrogen) atoms. The van der Waals surface area contributed by atoms with Crippen molar-refractivity contribution in [1.82, 2.24) is 9.78 Å². The fraction of sp³-hybridized carbons (Fsp3) is 0.154. The maximum atomic E-state index is 12.2. The van der Waals surface area contributed by atoms with Crippen LogP contribution in [0, 0.1) is 0 Å². The Morgan fingerprint density at radius 1 is 1.32 bits per heavy atom. The van der Waals surface area contributed by atoms with Gasteiger partial charge in [0.15, 0.2) is 5.69 Å². The highest BCUT2D eigenvalue weighted by molar-refractivity contribution is 7.80. The summed E-state index contributed by atoms with van der Waals surface area (Å²) in [4.78, 5) is 14.0. The molecule has 5 nitrogen and oxygen atoms in total. The molecule has 0 atom stereocenters. The number of aromatic nitrogens is 2. The lowest BCUT2D eigenvalue weighted by Gasteiger charge is -2.16. The second-order valence-electron chi connectivity index (χ2n) is 4.15. The predicted molar refractivity (Wildman–Crippen MR) is 78.3 cm³/mol. The van der Waals surface area contributed by atoms with E-state index in [9.17, 15) is 4.79 Å². The lowest BCUT2D eigenvalue weighted by atomic mass is 10.2. The summed E-state index contributed by atoms with van der Waals surface area (Å²) in [5.41, 5.74) is 7.47. The normalized spacial score (nSPS) is 10.2. The van der Waals surface area contributed by atoms with Crippen LogP contribution < -0.4 is 10.6 Å². The summed E-state index contributed by atoms with van der Waals surface area (Å²) in [7, 11) is 3.47. The van der Waals surface area contributed by atoms with Crippen molar-refractivity contribution in [2.75, 3.05) is 11.9 Å². The Balaban J connectivity index is 2.21. The first-order chi connectivity index (χ1) is 8.99. The molecule has 1 amide bonds. The number of carbonyl (C=O) groups excluding carboxylic acids is 1. The highest BCUT2D eigenvalue weighted by Gasteiger charge is 2.15. The van der Waals surface area contributed by atoms with Gasteiger partial charge in [0.2, 0.25) is 0 Å². The first kappa shape index (κ1) is 13.2. The molecule has 0 fully saturated rings. The number of carbonyl (C=O) groups is 1. The SMILES string of the molecule is CN(C(=O)c1ccn(C)n1)c1ccc(C(N)=S)cc1. The van der Waals surface area contributed by atoms with Gasteiger partial charge in [-0.2, -0.15) is 5.10 Å². The summed E-state index contributed by atoms with van der Waals surface area (Å²) in [5.74, 6) is -0.163. The monoisotopic (exact) mass is 274 g/mol. The van der Waals surface area contributed by atoms with Crippen molar-refractivity contribution in [3.05, 3.63) is 47.8 Å². The van der Waals surface area contributed by atoms with E-state index in [4.69, 9.17) is 18.0 Å². The number of rotatable bonds is 3. The molecule has 0 spiro atoms. The molecular formula is C13H14N4OS. The van der Waals surface area contributed by atoms with Crippen LogP contribution in [0.4, 0.5) is 5.69 Å². The lowest BCUT2D eigenvalue weighted by molar-refractivity contribution is 0.0987. The van der Waals surface area contributed by atoms with Crippen LogP contribution in [-0.2, 0) is 7.05 Å². The van der Waals surface area contributed by atoms with Gasteiger partial charge in [0.25, 0.3) is 5.91 Å². The fourth-order valence-electron chi connectivity index (χ4n) is 1.67. The Hall–Kier alpha value is -2.21. The zero-order valence-corrected chi connectivity index (χ0v) is 11.5. The van der Waals surface area contributed by atoms with E-state index in [1.165, 1.54) is 4.90 Å². The van der Waals surface area contributed by atoms with E-state index >= 15 is 0 Å². The third-order valence-corrected chi connectivity index (χ3v) is 3.01. The topological polar surface area (TPSA) is 64.2 Å². The Morgan fingerprint density at radius 2 is 1.95 bits per heavy atom. The summed E-state index contributed by atoms with van der Waals surface area (Å²) in [6, 6.07) is 8.87. The average molecular weight is 274 g/mol. The molecule has 0 aliphatic heterocycles. The number of anilines is 1. The van der Waals surface area contributed by atoms with E-state index in [1.54, 1.807) is 55.3 Å². The van der Waals surface area contributed by atoms with Crippen LogP contribution in [0.2, 0.25) is 0 Å². The Bertz CT molecular complexity index is 618. The molecule has 0 unspecified atom stereocenters. The van der Waals surface area contributed by atoms with Gasteiger partial charge in [0.1, 0.15) is 4.99 Å². The van der Waals surface area contributed by atoms with Gasteiger partial charge >= 0.3 is 0 Å². The van der Waals surface area contributed by atoms with Crippen molar-refractivity contribution in [2.45, 2.75) is 0 Å². The Morgan fingerprint density at radius 3 is 2.42 bits per heavy atom. The molecule has 0 aliphatic carbocycles. The van der Waals surface area contributed by atoms with Crippen molar-refractivity contribution in [3.63, 3.8) is 0 Å². The van der Waals surface area contributed by atoms with E-state index in [-0.39, 0.29) is 5.91 Å². The fourth-order valence-corrected chi connectivity index (χ4v) is 1.80. The zero-order chi connectivity index (χ0) is 14.0. The van der Waals surface area contributed by atoms with Crippen molar-refractivity contribution in [3.8, 4) is 0 Å². The number of nitrogens with two attached hydrogens (primary N) is 1. The third-order valence-electron chi connectivity index (χ3n) is 2.78. The summed E-state index contributed by atoms with van der Waals surface area (Å²) in [6.07, 6.45) is 1.73. The van der Waals surface area contributed by atoms with E-state index in [2.05, 4.69) is 5.10 Å². The summed E-state index contributed by atoms with van der Waals surface area (Å²) in [5, 5.41) is 4.09. The summed E-state index contributed by atoms with van der Waals surface area (Å²) >= 11 is 4.89. The highest BCUT2D eigenvalue weighted by atomic mass is 32.1. The third kappa shape index (κ3) is 2.79. The molecule has 0 aliphatic rings. The van der Waals surface area contributed by atoms with Crippen LogP contribution in [0.5, 0.6) is 0 Å². The van der Waals surface area contributed by atoms with Crippen LogP contribution in [0.25, 0.3) is 0 Å². The van der Waals surface area contributed by atoms with E-state index in [1.807, 2.05) is 0 Å². The van der Waals surface area contributed by atoms with Gasteiger partial charge in [-0.05, 0) is 30.3 Å². The summed E-state index contributed by atoms with van der Waals surface area (Å²) in [6.45, 7) is 0. The van der Waals surface area contributed by atoms with E-state index in [0.29, 0.717) is 10.7 Å². The molecule has 2 aromatic rings. The second-order valence-corrected chi connectivity index (χ2v) is 4.59. The number of hydrogen-bond acceptors (Lipinski definition) is 3. The number of aryl methyl sites for hydroxylation is 1. The standard InChI is InChI=1S/C13H14N4OS/c1-16-8-7-11(15-16)13(18)17(2)10-5-3-9(4-6-10)12(14)19/h3-8H,1-2H3,(H2,14,19). The second kappa shape index (κ2) is 5.19. The van der Waals surface area contributed by atoms with Gasteiger partial charge < -0.3 is 10.6 Å². The van der Waals surface area contributed by atoms with Gasteiger partial charge in [-0.25, -0.2) is 0 Å². The Labute approximate surface area is 116 Å². The maximum absolute atomic E-state index is 12.2. The number of benzene rings is 1. The average Bonchev–Trinajstić information content (AvgIpc) is 2.84. The van der Waals surface area contributed by atoms with Crippen molar-refractivity contribution >= 4 is 28.8 Å². The molecule has 2 N–H and O–H groups in total. The Kier molecular flexibility index (Phi) is 3.62. The van der Waals surface area contributed by atoms with Crippen LogP contribution in [0.15, 0.2) is 36.5 Å². The first-order valence-electron chi connectivity index (χ1n) is 5.66.